The number of imidazole rings is 1. The van der Waals surface area contributed by atoms with Gasteiger partial charge in [-0.3, -0.25) is 0 Å². The van der Waals surface area contributed by atoms with Crippen LogP contribution in [0.4, 0.5) is 0 Å². The van der Waals surface area contributed by atoms with Crippen LogP contribution in [-0.4, -0.2) is 9.38 Å². The number of benzene rings is 2. The molecule has 0 aliphatic heterocycles. The molecule has 154 valence electrons. The fraction of sp³-hybridized carbons (Fsp3) is 0.214. The summed E-state index contributed by atoms with van der Waals surface area (Å²) in [4.78, 5) is 5.23. The van der Waals surface area contributed by atoms with Crippen LogP contribution in [0.3, 0.4) is 0 Å². The van der Waals surface area contributed by atoms with Crippen molar-refractivity contribution in [3.05, 3.63) is 102 Å². The predicted molar refractivity (Wildman–Crippen MR) is 127 cm³/mol. The van der Waals surface area contributed by atoms with Gasteiger partial charge in [0.15, 0.2) is 5.52 Å². The SMILES string of the molecule is Cc1ccc2n(c1)c1cc(C(C)(C)C)nc(-c3ccccc3)c1[n+]2Cc1ccccc1. The normalized spacial score (nSPS) is 12.0. The second kappa shape index (κ2) is 7.35. The van der Waals surface area contributed by atoms with Crippen molar-refractivity contribution in [2.45, 2.75) is 39.7 Å². The Morgan fingerprint density at radius 1 is 0.871 bits per heavy atom. The fourth-order valence-corrected chi connectivity index (χ4v) is 4.21. The van der Waals surface area contributed by atoms with E-state index >= 15 is 0 Å². The third-order valence-corrected chi connectivity index (χ3v) is 5.85. The van der Waals surface area contributed by atoms with E-state index in [4.69, 9.17) is 4.98 Å². The minimum absolute atomic E-state index is 0.0457. The van der Waals surface area contributed by atoms with Crippen LogP contribution in [0.2, 0.25) is 0 Å². The second-order valence-electron chi connectivity index (χ2n) is 9.35. The molecule has 0 spiro atoms. The molecule has 2 aromatic carbocycles. The third kappa shape index (κ3) is 3.50. The first-order valence-corrected chi connectivity index (χ1v) is 10.9. The van der Waals surface area contributed by atoms with Crippen molar-refractivity contribution in [2.24, 2.45) is 0 Å². The minimum Gasteiger partial charge on any atom is -0.247 e. The highest BCUT2D eigenvalue weighted by Crippen LogP contribution is 2.31. The van der Waals surface area contributed by atoms with Gasteiger partial charge in [-0.05, 0) is 24.1 Å². The van der Waals surface area contributed by atoms with E-state index in [0.717, 1.165) is 23.5 Å². The molecular weight excluding hydrogens is 378 g/mol. The van der Waals surface area contributed by atoms with Crippen molar-refractivity contribution in [1.29, 1.82) is 0 Å². The summed E-state index contributed by atoms with van der Waals surface area (Å²) < 4.78 is 4.74. The number of rotatable bonds is 3. The van der Waals surface area contributed by atoms with Crippen molar-refractivity contribution in [3.63, 3.8) is 0 Å². The maximum Gasteiger partial charge on any atom is 0.287 e. The van der Waals surface area contributed by atoms with E-state index in [0.29, 0.717) is 0 Å². The van der Waals surface area contributed by atoms with E-state index in [2.05, 4.69) is 122 Å². The van der Waals surface area contributed by atoms with Gasteiger partial charge in [-0.2, -0.15) is 4.40 Å². The molecule has 0 radical (unpaired) electrons. The van der Waals surface area contributed by atoms with E-state index in [1.54, 1.807) is 0 Å². The minimum atomic E-state index is -0.0457. The Bertz CT molecular complexity index is 1370. The smallest absolute Gasteiger partial charge is 0.247 e. The summed E-state index contributed by atoms with van der Waals surface area (Å²) in [5.41, 5.74) is 9.32. The first-order valence-electron chi connectivity index (χ1n) is 10.9. The number of aromatic nitrogens is 3. The Morgan fingerprint density at radius 2 is 1.55 bits per heavy atom. The summed E-state index contributed by atoms with van der Waals surface area (Å²) in [5, 5.41) is 0. The molecule has 3 nitrogen and oxygen atoms in total. The standard InChI is InChI=1S/C28H28N3/c1-20-15-16-25-30(18-20)23-17-24(28(2,3)4)29-26(22-13-9-6-10-14-22)27(23)31(25)19-21-11-7-5-8-12-21/h5-18H,19H2,1-4H3/q+1. The van der Waals surface area contributed by atoms with E-state index in [9.17, 15) is 0 Å². The maximum absolute atomic E-state index is 5.23. The van der Waals surface area contributed by atoms with E-state index < -0.39 is 0 Å². The molecule has 0 aliphatic carbocycles. The molecule has 0 unspecified atom stereocenters. The second-order valence-corrected chi connectivity index (χ2v) is 9.35. The largest absolute Gasteiger partial charge is 0.287 e. The van der Waals surface area contributed by atoms with Crippen LogP contribution in [-0.2, 0) is 12.0 Å². The Hall–Kier alpha value is -3.46. The quantitative estimate of drug-likeness (QED) is 0.332. The van der Waals surface area contributed by atoms with Crippen molar-refractivity contribution >= 4 is 16.7 Å². The monoisotopic (exact) mass is 406 g/mol. The van der Waals surface area contributed by atoms with Gasteiger partial charge in [0.25, 0.3) is 5.65 Å². The number of hydrogen-bond donors (Lipinski definition) is 0. The molecule has 5 aromatic rings. The van der Waals surface area contributed by atoms with E-state index in [-0.39, 0.29) is 5.41 Å². The molecule has 0 saturated carbocycles. The number of aryl methyl sites for hydroxylation is 1. The lowest BCUT2D eigenvalue weighted by Gasteiger charge is -2.18. The van der Waals surface area contributed by atoms with Gasteiger partial charge >= 0.3 is 0 Å². The maximum atomic E-state index is 5.23. The highest BCUT2D eigenvalue weighted by molar-refractivity contribution is 5.89. The van der Waals surface area contributed by atoms with Gasteiger partial charge in [0.2, 0.25) is 5.52 Å². The van der Waals surface area contributed by atoms with Crippen molar-refractivity contribution in [3.8, 4) is 11.3 Å². The number of pyridine rings is 2. The molecule has 31 heavy (non-hydrogen) atoms. The molecule has 3 aromatic heterocycles. The summed E-state index contributed by atoms with van der Waals surface area (Å²) in [5.74, 6) is 0. The Morgan fingerprint density at radius 3 is 2.23 bits per heavy atom. The van der Waals surface area contributed by atoms with Crippen LogP contribution in [0.15, 0.2) is 85.1 Å². The molecule has 0 atom stereocenters. The van der Waals surface area contributed by atoms with Crippen molar-refractivity contribution in [2.75, 3.05) is 0 Å². The molecular formula is C28H28N3+. The number of nitrogens with zero attached hydrogens (tertiary/aromatic N) is 3. The lowest BCUT2D eigenvalue weighted by atomic mass is 9.91. The van der Waals surface area contributed by atoms with Crippen LogP contribution in [0.25, 0.3) is 27.9 Å². The van der Waals surface area contributed by atoms with Gasteiger partial charge in [0.1, 0.15) is 12.2 Å². The zero-order chi connectivity index (χ0) is 21.6. The zero-order valence-electron chi connectivity index (χ0n) is 18.6. The Labute approximate surface area is 183 Å². The van der Waals surface area contributed by atoms with E-state index in [1.165, 1.54) is 27.8 Å². The van der Waals surface area contributed by atoms with Crippen molar-refractivity contribution in [1.82, 2.24) is 9.38 Å². The Balaban J connectivity index is 1.92. The first-order chi connectivity index (χ1) is 14.9. The summed E-state index contributed by atoms with van der Waals surface area (Å²) in [6.07, 6.45) is 2.24. The predicted octanol–water partition coefficient (Wildman–Crippen LogP) is 6.10. The van der Waals surface area contributed by atoms with Gasteiger partial charge in [-0.25, -0.2) is 9.55 Å². The lowest BCUT2D eigenvalue weighted by Crippen LogP contribution is -2.34. The summed E-state index contributed by atoms with van der Waals surface area (Å²) in [7, 11) is 0. The molecule has 0 aliphatic rings. The van der Waals surface area contributed by atoms with E-state index in [1.807, 2.05) is 0 Å². The van der Waals surface area contributed by atoms with Crippen LogP contribution in [0, 0.1) is 6.92 Å². The van der Waals surface area contributed by atoms with Gasteiger partial charge in [-0.1, -0.05) is 81.4 Å². The first kappa shape index (κ1) is 19.5. The zero-order valence-corrected chi connectivity index (χ0v) is 18.6. The molecule has 0 amide bonds. The van der Waals surface area contributed by atoms with Gasteiger partial charge in [0.05, 0.1) is 11.9 Å². The number of fused-ring (bicyclic) bond motifs is 3. The highest BCUT2D eigenvalue weighted by Gasteiger charge is 2.28. The summed E-state index contributed by atoms with van der Waals surface area (Å²) in [6, 6.07) is 27.9. The average Bonchev–Trinajstić information content (AvgIpc) is 3.07. The Kier molecular flexibility index (Phi) is 4.62. The average molecular weight is 407 g/mol. The fourth-order valence-electron chi connectivity index (χ4n) is 4.21. The van der Waals surface area contributed by atoms with Crippen LogP contribution in [0.1, 0.15) is 37.6 Å². The van der Waals surface area contributed by atoms with Gasteiger partial charge in [-0.15, -0.1) is 0 Å². The van der Waals surface area contributed by atoms with Gasteiger partial charge < -0.3 is 0 Å². The highest BCUT2D eigenvalue weighted by atomic mass is 15.1. The summed E-state index contributed by atoms with van der Waals surface area (Å²) >= 11 is 0. The van der Waals surface area contributed by atoms with Crippen LogP contribution in [0.5, 0.6) is 0 Å². The molecule has 3 heteroatoms. The topological polar surface area (TPSA) is 21.2 Å². The van der Waals surface area contributed by atoms with Crippen LogP contribution >= 0.6 is 0 Å². The molecule has 5 rings (SSSR count). The van der Waals surface area contributed by atoms with Crippen molar-refractivity contribution < 1.29 is 4.57 Å². The van der Waals surface area contributed by atoms with Crippen LogP contribution < -0.4 is 4.57 Å². The molecule has 0 saturated heterocycles. The molecule has 3 heterocycles. The van der Waals surface area contributed by atoms with Gasteiger partial charge in [0, 0.05) is 23.1 Å². The third-order valence-electron chi connectivity index (χ3n) is 5.85. The number of hydrogen-bond acceptors (Lipinski definition) is 1. The molecule has 0 bridgehead atoms. The lowest BCUT2D eigenvalue weighted by molar-refractivity contribution is -0.636. The molecule has 0 N–H and O–H groups in total. The molecule has 0 fully saturated rings. The summed E-state index contributed by atoms with van der Waals surface area (Å²) in [6.45, 7) is 9.64.